The summed E-state index contributed by atoms with van der Waals surface area (Å²) in [4.78, 5) is 98.1. The lowest BCUT2D eigenvalue weighted by Gasteiger charge is -2.12. The van der Waals surface area contributed by atoms with Crippen LogP contribution in [0.4, 0.5) is 34.9 Å². The number of nitrogens with zero attached hydrogens (tertiary/aromatic N) is 3. The highest BCUT2D eigenvalue weighted by Gasteiger charge is 2.32. The molecule has 9 heterocycles. The van der Waals surface area contributed by atoms with Gasteiger partial charge in [0.05, 0.1) is 65.6 Å². The standard InChI is InChI=1S/C51H39N9O6S18/c1-67-40-41(68-2)80-49(79-40)46-73-19-25(76-46)37(64)58-31-13-7-10-28(52-31)55-34(61)22-16-23(35(62)56-29-11-8-14-32(53-29)59-38(65)26-20-74-47(77-26)50-81-42(69-3)43(70-4)82-50)18-24(17-22)36(63)57-30-12-9-15-33(54-30)60-39(66)27-21-75-48(78-27)51-83-44(71-5)45(72-6)84-51/h7-21H,1-6H3,(H2,52,55,58,61,64)(H2,53,56,59,62,65)(H2,54,57,60,63,66). The van der Waals surface area contributed by atoms with Gasteiger partial charge >= 0.3 is 0 Å². The van der Waals surface area contributed by atoms with Crippen LogP contribution in [0.15, 0.2) is 155 Å². The van der Waals surface area contributed by atoms with Gasteiger partial charge in [0.1, 0.15) is 34.9 Å². The maximum atomic E-state index is 14.2. The van der Waals surface area contributed by atoms with Gasteiger partial charge in [-0.1, -0.05) is 159 Å². The summed E-state index contributed by atoms with van der Waals surface area (Å²) in [7, 11) is 0. The third-order valence-electron chi connectivity index (χ3n) is 10.7. The van der Waals surface area contributed by atoms with Crippen LogP contribution < -0.4 is 31.9 Å². The first-order chi connectivity index (χ1) is 40.7. The maximum absolute atomic E-state index is 14.2. The number of nitrogens with one attached hydrogen (secondary N) is 6. The molecule has 6 aliphatic rings. The molecule has 0 spiro atoms. The van der Waals surface area contributed by atoms with Crippen LogP contribution in [0.25, 0.3) is 0 Å². The van der Waals surface area contributed by atoms with Crippen molar-refractivity contribution in [3.8, 4) is 0 Å². The van der Waals surface area contributed by atoms with E-state index in [0.717, 1.165) is 25.4 Å². The zero-order valence-electron chi connectivity index (χ0n) is 43.8. The van der Waals surface area contributed by atoms with Gasteiger partial charge in [0, 0.05) is 16.7 Å². The van der Waals surface area contributed by atoms with Gasteiger partial charge < -0.3 is 31.9 Å². The lowest BCUT2D eigenvalue weighted by atomic mass is 10.0. The molecule has 84 heavy (non-hydrogen) atoms. The van der Waals surface area contributed by atoms with Crippen LogP contribution in [-0.2, 0) is 14.4 Å². The van der Waals surface area contributed by atoms with Crippen molar-refractivity contribution >= 4 is 282 Å². The zero-order chi connectivity index (χ0) is 59.0. The monoisotopic (exact) mass is 1450 g/mol. The van der Waals surface area contributed by atoms with E-state index in [1.807, 2.05) is 16.2 Å². The van der Waals surface area contributed by atoms with Crippen LogP contribution in [0, 0.1) is 0 Å². The molecule has 6 N–H and O–H groups in total. The van der Waals surface area contributed by atoms with E-state index in [4.69, 9.17) is 0 Å². The van der Waals surface area contributed by atoms with Crippen molar-refractivity contribution in [1.82, 2.24) is 15.0 Å². The third kappa shape index (κ3) is 16.1. The molecule has 432 valence electrons. The molecule has 10 rings (SSSR count). The van der Waals surface area contributed by atoms with Crippen molar-refractivity contribution < 1.29 is 28.8 Å². The van der Waals surface area contributed by atoms with Gasteiger partial charge in [-0.05, 0) is 108 Å². The summed E-state index contributed by atoms with van der Waals surface area (Å²) < 4.78 is 13.9. The molecule has 0 aliphatic carbocycles. The van der Waals surface area contributed by atoms with Crippen molar-refractivity contribution in [3.63, 3.8) is 0 Å². The summed E-state index contributed by atoms with van der Waals surface area (Å²) in [5.74, 6) is -2.49. The molecule has 0 saturated heterocycles. The number of hydrogen-bond acceptors (Lipinski definition) is 27. The fraction of sp³-hybridized carbons (Fsp3) is 0.118. The molecule has 6 aliphatic heterocycles. The largest absolute Gasteiger partial charge is 0.306 e. The molecule has 15 nitrogen and oxygen atoms in total. The summed E-state index contributed by atoms with van der Waals surface area (Å²) >= 11 is 29.1. The normalized spacial score (nSPS) is 16.9. The fourth-order valence-corrected chi connectivity index (χ4v) is 29.4. The van der Waals surface area contributed by atoms with Crippen LogP contribution in [0.3, 0.4) is 0 Å². The number of hydrogen-bond donors (Lipinski definition) is 6. The van der Waals surface area contributed by atoms with E-state index in [9.17, 15) is 28.8 Å². The Morgan fingerprint density at radius 2 is 0.524 bits per heavy atom. The molecule has 0 atom stereocenters. The second-order valence-corrected chi connectivity index (χ2v) is 36.1. The molecule has 3 aromatic heterocycles. The second kappa shape index (κ2) is 30.3. The van der Waals surface area contributed by atoms with Crippen molar-refractivity contribution in [1.29, 1.82) is 0 Å². The number of pyridine rings is 3. The highest BCUT2D eigenvalue weighted by molar-refractivity contribution is 8.44. The average molecular weight is 1450 g/mol. The summed E-state index contributed by atoms with van der Waals surface area (Å²) in [6, 6.07) is 18.2. The van der Waals surface area contributed by atoms with E-state index in [1.165, 1.54) is 132 Å². The van der Waals surface area contributed by atoms with Gasteiger partial charge in [0.25, 0.3) is 35.4 Å². The molecule has 33 heteroatoms. The average Bonchev–Trinajstić information content (AvgIpc) is 4.54. The highest BCUT2D eigenvalue weighted by atomic mass is 32.3. The smallest absolute Gasteiger partial charge is 0.264 e. The molecule has 1 aromatic carbocycles. The van der Waals surface area contributed by atoms with Gasteiger partial charge in [-0.2, -0.15) is 0 Å². The van der Waals surface area contributed by atoms with Gasteiger partial charge in [-0.3, -0.25) is 28.8 Å². The van der Waals surface area contributed by atoms with E-state index >= 15 is 0 Å². The Labute approximate surface area is 559 Å². The number of carbonyl (C=O) groups excluding carboxylic acids is 6. The van der Waals surface area contributed by atoms with Gasteiger partial charge in [0.2, 0.25) is 0 Å². The van der Waals surface area contributed by atoms with Crippen LogP contribution >= 0.6 is 212 Å². The van der Waals surface area contributed by atoms with Crippen molar-refractivity contribution in [2.45, 2.75) is 0 Å². The Morgan fingerprint density at radius 3 is 0.738 bits per heavy atom. The SMILES string of the molecule is CSC1=C(SC)SC(=C2SC=C(C(=O)Nc3cccc(NC(=O)c4cc(C(=O)Nc5cccc(NC(=O)C6=CSC(=C7SC(SC)=C(SC)S7)S6)n5)cc(C(=O)Nc5cccc(NC(=O)C6=CSC(=C7SC(SC)=C(SC)S7)S6)n5)c4)n3)S2)S1. The van der Waals surface area contributed by atoms with Crippen LogP contribution in [-0.4, -0.2) is 87.9 Å². The lowest BCUT2D eigenvalue weighted by Crippen LogP contribution is -2.21. The number of amides is 6. The van der Waals surface area contributed by atoms with Gasteiger partial charge in [-0.25, -0.2) is 15.0 Å². The molecular weight excluding hydrogens is 1410 g/mol. The van der Waals surface area contributed by atoms with Gasteiger partial charge in [-0.15, -0.1) is 70.6 Å². The predicted molar refractivity (Wildman–Crippen MR) is 387 cm³/mol. The minimum Gasteiger partial charge on any atom is -0.306 e. The molecular formula is C51H39N9O6S18. The van der Waals surface area contributed by atoms with Crippen molar-refractivity contribution in [3.05, 3.63) is 171 Å². The van der Waals surface area contributed by atoms with E-state index in [-0.39, 0.29) is 69.3 Å². The molecule has 4 aromatic rings. The topological polar surface area (TPSA) is 213 Å². The number of thioether (sulfide) groups is 18. The Kier molecular flexibility index (Phi) is 23.2. The molecule has 0 unspecified atom stereocenters. The highest BCUT2D eigenvalue weighted by Crippen LogP contribution is 2.64. The second-order valence-electron chi connectivity index (χ2n) is 16.1. The molecule has 0 bridgehead atoms. The fourth-order valence-electron chi connectivity index (χ4n) is 6.99. The zero-order valence-corrected chi connectivity index (χ0v) is 58.5. The van der Waals surface area contributed by atoms with E-state index < -0.39 is 17.7 Å². The summed E-state index contributed by atoms with van der Waals surface area (Å²) in [5.41, 5.74) is -0.273. The Bertz CT molecular complexity index is 3320. The third-order valence-corrected chi connectivity index (χ3v) is 35.1. The van der Waals surface area contributed by atoms with E-state index in [0.29, 0.717) is 14.7 Å². The number of carbonyl (C=O) groups is 6. The van der Waals surface area contributed by atoms with Gasteiger partial charge in [0.15, 0.2) is 0 Å². The first-order valence-electron chi connectivity index (χ1n) is 23.6. The number of aromatic nitrogens is 3. The first kappa shape index (κ1) is 64.4. The first-order valence-corrected chi connectivity index (χ1v) is 40.9. The number of rotatable bonds is 18. The number of benzene rings is 1. The molecule has 0 saturated carbocycles. The van der Waals surface area contributed by atoms with Crippen LogP contribution in [0.1, 0.15) is 31.1 Å². The van der Waals surface area contributed by atoms with E-state index in [2.05, 4.69) is 84.4 Å². The maximum Gasteiger partial charge on any atom is 0.264 e. The number of anilines is 6. The van der Waals surface area contributed by atoms with Crippen LogP contribution in [0.2, 0.25) is 0 Å². The summed E-state index contributed by atoms with van der Waals surface area (Å²) in [6.07, 6.45) is 12.3. The van der Waals surface area contributed by atoms with Crippen molar-refractivity contribution in [2.24, 2.45) is 0 Å². The minimum absolute atomic E-state index is 0.0797. The molecule has 6 amide bonds. The Hall–Kier alpha value is -2.55. The van der Waals surface area contributed by atoms with Crippen LogP contribution in [0.5, 0.6) is 0 Å². The summed E-state index contributed by atoms with van der Waals surface area (Å²) in [6.45, 7) is 0. The minimum atomic E-state index is -0.727. The van der Waals surface area contributed by atoms with Crippen molar-refractivity contribution in [2.75, 3.05) is 69.4 Å². The lowest BCUT2D eigenvalue weighted by molar-refractivity contribution is -0.113. The summed E-state index contributed by atoms with van der Waals surface area (Å²) in [5, 5.41) is 22.1. The Morgan fingerprint density at radius 1 is 0.310 bits per heavy atom. The van der Waals surface area contributed by atoms with E-state index in [1.54, 1.807) is 178 Å². The molecule has 0 radical (unpaired) electrons. The molecule has 0 fully saturated rings. The Balaban J connectivity index is 0.832. The quantitative estimate of drug-likeness (QED) is 0.0546. The predicted octanol–water partition coefficient (Wildman–Crippen LogP) is 17.8.